The van der Waals surface area contributed by atoms with E-state index in [-0.39, 0.29) is 7.43 Å². The van der Waals surface area contributed by atoms with E-state index in [9.17, 15) is 4.79 Å². The molecule has 1 aromatic rings. The molecule has 2 nitrogen and oxygen atoms in total. The molecule has 2 unspecified atom stereocenters. The molecule has 19 heavy (non-hydrogen) atoms. The summed E-state index contributed by atoms with van der Waals surface area (Å²) in [6.07, 6.45) is 9.19. The highest BCUT2D eigenvalue weighted by Gasteiger charge is 2.25. The molecule has 0 aliphatic heterocycles. The molecule has 2 aliphatic carbocycles. The molecule has 100 valence electrons. The third kappa shape index (κ3) is 3.95. The van der Waals surface area contributed by atoms with E-state index in [1.807, 2.05) is 13.0 Å². The van der Waals surface area contributed by atoms with Crippen LogP contribution in [-0.4, -0.2) is 11.1 Å². The highest BCUT2D eigenvalue weighted by molar-refractivity contribution is 5.89. The Balaban J connectivity index is 0.000000194. The zero-order valence-corrected chi connectivity index (χ0v) is 11.5. The van der Waals surface area contributed by atoms with Gasteiger partial charge in [-0.25, -0.2) is 4.79 Å². The minimum Gasteiger partial charge on any atom is -0.478 e. The number of carboxylic acids is 1. The molecule has 1 fully saturated rings. The lowest BCUT2D eigenvalue weighted by Crippen LogP contribution is -1.99. The second kappa shape index (κ2) is 6.55. The summed E-state index contributed by atoms with van der Waals surface area (Å²) in [4.78, 5) is 10.5. The summed E-state index contributed by atoms with van der Waals surface area (Å²) < 4.78 is 0. The number of fused-ring (bicyclic) bond motifs is 2. The maximum Gasteiger partial charge on any atom is 0.335 e. The topological polar surface area (TPSA) is 37.3 Å². The van der Waals surface area contributed by atoms with Gasteiger partial charge in [0.1, 0.15) is 0 Å². The van der Waals surface area contributed by atoms with Gasteiger partial charge in [-0.15, -0.1) is 0 Å². The van der Waals surface area contributed by atoms with E-state index in [0.29, 0.717) is 5.56 Å². The zero-order chi connectivity index (χ0) is 13.1. The Morgan fingerprint density at radius 1 is 1.16 bits per heavy atom. The monoisotopic (exact) mass is 256 g/mol. The van der Waals surface area contributed by atoms with E-state index >= 15 is 0 Å². The average molecular weight is 256 g/mol. The second-order valence-electron chi connectivity index (χ2n) is 5.34. The lowest BCUT2D eigenvalue weighted by atomic mass is 10.1. The molecule has 2 heteroatoms. The number of aryl methyl sites for hydroxylation is 2. The van der Waals surface area contributed by atoms with Crippen LogP contribution in [-0.2, 0) is 0 Å². The van der Waals surface area contributed by atoms with E-state index in [1.54, 1.807) is 19.1 Å². The minimum absolute atomic E-state index is 0. The van der Waals surface area contributed by atoms with Gasteiger partial charge in [-0.2, -0.15) is 0 Å². The van der Waals surface area contributed by atoms with Gasteiger partial charge in [-0.05, 0) is 56.6 Å². The van der Waals surface area contributed by atoms with Gasteiger partial charge in [0.25, 0.3) is 0 Å². The summed E-state index contributed by atoms with van der Waals surface area (Å²) in [6.45, 7) is 3.75. The van der Waals surface area contributed by atoms with Crippen LogP contribution in [0.15, 0.2) is 30.4 Å². The maximum atomic E-state index is 10.5. The number of carboxylic acid groups (broad SMARTS) is 1. The number of benzene rings is 1. The predicted molar refractivity (Wildman–Crippen MR) is 76.1 cm³/mol. The van der Waals surface area contributed by atoms with Crippen LogP contribution in [0.5, 0.6) is 0 Å². The molecule has 1 saturated carbocycles. The van der Waals surface area contributed by atoms with Gasteiger partial charge in [-0.3, -0.25) is 0 Å². The van der Waals surface area contributed by atoms with Crippen LogP contribution < -0.4 is 0 Å². The first-order chi connectivity index (χ1) is 8.56. The fourth-order valence-electron chi connectivity index (χ4n) is 2.77. The highest BCUT2D eigenvalue weighted by atomic mass is 16.4. The summed E-state index contributed by atoms with van der Waals surface area (Å²) in [7, 11) is 0. The van der Waals surface area contributed by atoms with Crippen LogP contribution in [0.1, 0.15) is 40.7 Å². The molecule has 2 bridgehead atoms. The standard InChI is InChI=1S/C9H10O2.C7H10.C/c1-6-3-4-8(9(10)11)7(2)5-6;1-2-7-4-3-6(1)5-7;/h3-5H,1-2H3,(H,10,11);1-2,6-7H,3-5H2;. The average Bonchev–Trinajstić information content (AvgIpc) is 2.93. The first-order valence-corrected chi connectivity index (χ1v) is 6.55. The van der Waals surface area contributed by atoms with Gasteiger partial charge in [0.05, 0.1) is 5.56 Å². The highest BCUT2D eigenvalue weighted by Crippen LogP contribution is 2.38. The van der Waals surface area contributed by atoms with Gasteiger partial charge in [0.15, 0.2) is 0 Å². The quantitative estimate of drug-likeness (QED) is 0.769. The molecular weight excluding hydrogens is 236 g/mol. The van der Waals surface area contributed by atoms with Crippen molar-refractivity contribution in [3.8, 4) is 0 Å². The molecule has 2 atom stereocenters. The largest absolute Gasteiger partial charge is 0.478 e. The summed E-state index contributed by atoms with van der Waals surface area (Å²) in [6, 6.07) is 5.30. The SMILES string of the molecule is C1=CC2CCC1C2.Cc1ccc(C(=O)O)c(C)c1.[C]. The third-order valence-electron chi connectivity index (χ3n) is 3.78. The summed E-state index contributed by atoms with van der Waals surface area (Å²) in [5.41, 5.74) is 2.29. The van der Waals surface area contributed by atoms with Gasteiger partial charge in [0, 0.05) is 7.43 Å². The van der Waals surface area contributed by atoms with Crippen molar-refractivity contribution in [2.75, 3.05) is 0 Å². The molecule has 1 N–H and O–H groups in total. The van der Waals surface area contributed by atoms with Crippen molar-refractivity contribution in [1.82, 2.24) is 0 Å². The molecule has 1 aromatic carbocycles. The van der Waals surface area contributed by atoms with Crippen molar-refractivity contribution in [2.45, 2.75) is 33.1 Å². The maximum absolute atomic E-state index is 10.5. The fourth-order valence-corrected chi connectivity index (χ4v) is 2.77. The van der Waals surface area contributed by atoms with E-state index < -0.39 is 5.97 Å². The fraction of sp³-hybridized carbons (Fsp3) is 0.412. The number of aromatic carboxylic acids is 1. The number of hydrogen-bond donors (Lipinski definition) is 1. The predicted octanol–water partition coefficient (Wildman–Crippen LogP) is 4.06. The molecule has 3 rings (SSSR count). The summed E-state index contributed by atoms with van der Waals surface area (Å²) >= 11 is 0. The molecule has 0 saturated heterocycles. The molecule has 0 heterocycles. The normalized spacial score (nSPS) is 22.4. The Bertz CT molecular complexity index is 462. The molecule has 2 aliphatic rings. The smallest absolute Gasteiger partial charge is 0.335 e. The molecule has 0 aromatic heterocycles. The first-order valence-electron chi connectivity index (χ1n) is 6.55. The Morgan fingerprint density at radius 3 is 2.05 bits per heavy atom. The van der Waals surface area contributed by atoms with Crippen LogP contribution in [0, 0.1) is 33.1 Å². The third-order valence-corrected chi connectivity index (χ3v) is 3.78. The number of hydrogen-bond acceptors (Lipinski definition) is 1. The van der Waals surface area contributed by atoms with Gasteiger partial charge < -0.3 is 5.11 Å². The summed E-state index contributed by atoms with van der Waals surface area (Å²) in [5.74, 6) is 1.12. The van der Waals surface area contributed by atoms with E-state index in [0.717, 1.165) is 23.0 Å². The van der Waals surface area contributed by atoms with Crippen molar-refractivity contribution < 1.29 is 9.90 Å². The van der Waals surface area contributed by atoms with Crippen LogP contribution in [0.4, 0.5) is 0 Å². The Kier molecular flexibility index (Phi) is 5.34. The van der Waals surface area contributed by atoms with Gasteiger partial charge in [0.2, 0.25) is 0 Å². The van der Waals surface area contributed by atoms with Crippen molar-refractivity contribution in [3.63, 3.8) is 0 Å². The van der Waals surface area contributed by atoms with Crippen LogP contribution in [0.25, 0.3) is 0 Å². The van der Waals surface area contributed by atoms with E-state index in [4.69, 9.17) is 5.11 Å². The molecule has 0 amide bonds. The van der Waals surface area contributed by atoms with E-state index in [1.165, 1.54) is 19.3 Å². The minimum atomic E-state index is -0.859. The first kappa shape index (κ1) is 15.5. The molecule has 4 radical (unpaired) electrons. The number of rotatable bonds is 1. The van der Waals surface area contributed by atoms with Crippen molar-refractivity contribution in [1.29, 1.82) is 0 Å². The van der Waals surface area contributed by atoms with Crippen molar-refractivity contribution in [2.24, 2.45) is 11.8 Å². The van der Waals surface area contributed by atoms with Crippen molar-refractivity contribution in [3.05, 3.63) is 54.5 Å². The van der Waals surface area contributed by atoms with Crippen LogP contribution >= 0.6 is 0 Å². The Hall–Kier alpha value is -1.57. The van der Waals surface area contributed by atoms with Crippen LogP contribution in [0.2, 0.25) is 0 Å². The lowest BCUT2D eigenvalue weighted by molar-refractivity contribution is 0.0696. The lowest BCUT2D eigenvalue weighted by Gasteiger charge is -2.00. The molecule has 0 spiro atoms. The van der Waals surface area contributed by atoms with E-state index in [2.05, 4.69) is 12.2 Å². The summed E-state index contributed by atoms with van der Waals surface area (Å²) in [5, 5.41) is 8.66. The van der Waals surface area contributed by atoms with Crippen LogP contribution in [0.3, 0.4) is 0 Å². The number of carbonyl (C=O) groups is 1. The zero-order valence-electron chi connectivity index (χ0n) is 11.5. The molecular formula is C17H20O2. The van der Waals surface area contributed by atoms with Crippen molar-refractivity contribution >= 4 is 5.97 Å². The van der Waals surface area contributed by atoms with Gasteiger partial charge in [-0.1, -0.05) is 29.8 Å². The Labute approximate surface area is 116 Å². The Morgan fingerprint density at radius 2 is 1.74 bits per heavy atom. The van der Waals surface area contributed by atoms with Gasteiger partial charge >= 0.3 is 5.97 Å². The number of allylic oxidation sites excluding steroid dienone is 2. The second-order valence-corrected chi connectivity index (χ2v) is 5.34.